The largest absolute Gasteiger partial charge is 0.341 e. The lowest BCUT2D eigenvalue weighted by Crippen LogP contribution is -2.37. The molecule has 12 rings (SSSR count). The third kappa shape index (κ3) is 6.38. The van der Waals surface area contributed by atoms with Crippen LogP contribution in [0.2, 0.25) is 0 Å². The summed E-state index contributed by atoms with van der Waals surface area (Å²) >= 11 is 0. The Hall–Kier alpha value is -7.42. The Morgan fingerprint density at radius 3 is 2.08 bits per heavy atom. The van der Waals surface area contributed by atoms with Gasteiger partial charge in [0.25, 0.3) is 0 Å². The van der Waals surface area contributed by atoms with E-state index in [0.717, 1.165) is 41.0 Å². The molecule has 0 saturated heterocycles. The molecule has 8 aromatic rings. The maximum atomic E-state index is 4.14. The number of hydrogen-bond acceptors (Lipinski definition) is 2. The second-order valence-corrected chi connectivity index (χ2v) is 18.6. The van der Waals surface area contributed by atoms with Crippen molar-refractivity contribution in [2.75, 3.05) is 9.80 Å². The predicted molar refractivity (Wildman–Crippen MR) is 280 cm³/mol. The number of rotatable bonds is 9. The van der Waals surface area contributed by atoms with Crippen LogP contribution in [0, 0.1) is 0 Å². The smallest absolute Gasteiger partial charge is 0.0710 e. The van der Waals surface area contributed by atoms with Gasteiger partial charge in [-0.05, 0) is 154 Å². The first-order chi connectivity index (χ1) is 32.6. The van der Waals surface area contributed by atoms with E-state index < -0.39 is 0 Å². The molecule has 1 heterocycles. The van der Waals surface area contributed by atoms with Gasteiger partial charge in [0.1, 0.15) is 0 Å². The van der Waals surface area contributed by atoms with Crippen LogP contribution in [0.4, 0.5) is 22.7 Å². The summed E-state index contributed by atoms with van der Waals surface area (Å²) in [5.41, 5.74) is 20.7. The Morgan fingerprint density at radius 2 is 1.30 bits per heavy atom. The fourth-order valence-electron chi connectivity index (χ4n) is 12.3. The van der Waals surface area contributed by atoms with Gasteiger partial charge in [-0.2, -0.15) is 0 Å². The summed E-state index contributed by atoms with van der Waals surface area (Å²) in [5, 5.41) is 2.46. The maximum Gasteiger partial charge on any atom is 0.0710 e. The highest BCUT2D eigenvalue weighted by Gasteiger charge is 2.49. The van der Waals surface area contributed by atoms with E-state index in [1.165, 1.54) is 97.9 Å². The number of para-hydroxylation sites is 1. The van der Waals surface area contributed by atoms with Crippen LogP contribution >= 0.6 is 0 Å². The first kappa shape index (κ1) is 40.1. The first-order valence-corrected chi connectivity index (χ1v) is 24.0. The first-order valence-electron chi connectivity index (χ1n) is 24.0. The predicted octanol–water partition coefficient (Wildman–Crippen LogP) is 17.0. The van der Waals surface area contributed by atoms with E-state index >= 15 is 0 Å². The number of anilines is 4. The van der Waals surface area contributed by atoms with Crippen molar-refractivity contribution < 1.29 is 0 Å². The van der Waals surface area contributed by atoms with Crippen molar-refractivity contribution >= 4 is 51.2 Å². The zero-order valence-corrected chi connectivity index (χ0v) is 37.7. The highest BCUT2D eigenvalue weighted by atomic mass is 15.2. The molecule has 3 aliphatic carbocycles. The minimum atomic E-state index is -0.374. The van der Waals surface area contributed by atoms with Crippen LogP contribution in [0.3, 0.4) is 0 Å². The van der Waals surface area contributed by atoms with E-state index in [-0.39, 0.29) is 5.41 Å². The maximum absolute atomic E-state index is 4.14. The molecule has 0 radical (unpaired) electrons. The molecule has 0 N–H and O–H groups in total. The molecule has 0 aromatic heterocycles. The third-order valence-corrected chi connectivity index (χ3v) is 15.1. The van der Waals surface area contributed by atoms with Crippen molar-refractivity contribution in [1.29, 1.82) is 0 Å². The fraction of sp³-hybridized carbons (Fsp3) is 0.156. The lowest BCUT2D eigenvalue weighted by atomic mass is 9.66. The minimum absolute atomic E-state index is 0.374. The number of nitrogens with zero attached hydrogens (tertiary/aromatic N) is 2. The SMILES string of the molecule is C=Cc1cccc(N(c2ccccc2)c2ccc3cc(-c4ccc5c(c4)C4CCCCC4N5C4=CC5=C(CC4)c4ccccc4C5(c4ccccc4)c4ccccc4)ccc3c2)c1/C=C\C. The van der Waals surface area contributed by atoms with E-state index in [2.05, 4.69) is 230 Å². The molecule has 0 spiro atoms. The Kier molecular flexibility index (Phi) is 10.1. The summed E-state index contributed by atoms with van der Waals surface area (Å²) in [5.74, 6) is 0.526. The molecular weight excluding hydrogens is 797 g/mol. The zero-order valence-electron chi connectivity index (χ0n) is 37.7. The topological polar surface area (TPSA) is 6.48 Å². The van der Waals surface area contributed by atoms with Crippen molar-refractivity contribution in [2.45, 2.75) is 62.8 Å². The Balaban J connectivity index is 0.928. The van der Waals surface area contributed by atoms with E-state index in [9.17, 15) is 0 Å². The van der Waals surface area contributed by atoms with Crippen molar-refractivity contribution in [2.24, 2.45) is 0 Å². The van der Waals surface area contributed by atoms with Crippen LogP contribution in [0.25, 0.3) is 39.6 Å². The average molecular weight is 851 g/mol. The molecule has 0 amide bonds. The molecule has 1 fully saturated rings. The van der Waals surface area contributed by atoms with Gasteiger partial charge in [-0.25, -0.2) is 0 Å². The van der Waals surface area contributed by atoms with Crippen LogP contribution < -0.4 is 9.80 Å². The lowest BCUT2D eigenvalue weighted by molar-refractivity contribution is 0.395. The minimum Gasteiger partial charge on any atom is -0.341 e. The quantitative estimate of drug-likeness (QED) is 0.143. The number of benzene rings is 8. The fourth-order valence-corrected chi connectivity index (χ4v) is 12.3. The molecular formula is C64H54N2. The summed E-state index contributed by atoms with van der Waals surface area (Å²) in [4.78, 5) is 5.18. The molecule has 2 unspecified atom stereocenters. The normalized spacial score (nSPS) is 18.1. The summed E-state index contributed by atoms with van der Waals surface area (Å²) in [6.45, 7) is 6.22. The summed E-state index contributed by atoms with van der Waals surface area (Å²) in [6, 6.07) is 70.8. The van der Waals surface area contributed by atoms with Crippen LogP contribution in [0.15, 0.2) is 218 Å². The molecule has 1 aliphatic heterocycles. The van der Waals surface area contributed by atoms with E-state index in [0.29, 0.717) is 12.0 Å². The van der Waals surface area contributed by atoms with Crippen molar-refractivity contribution in [3.63, 3.8) is 0 Å². The van der Waals surface area contributed by atoms with Crippen molar-refractivity contribution in [1.82, 2.24) is 0 Å². The average Bonchev–Trinajstić information content (AvgIpc) is 3.87. The third-order valence-electron chi connectivity index (χ3n) is 15.1. The van der Waals surface area contributed by atoms with Gasteiger partial charge in [-0.3, -0.25) is 0 Å². The second kappa shape index (κ2) is 16.5. The Morgan fingerprint density at radius 1 is 0.621 bits per heavy atom. The highest BCUT2D eigenvalue weighted by molar-refractivity contribution is 5.94. The number of allylic oxidation sites excluding steroid dienone is 5. The highest BCUT2D eigenvalue weighted by Crippen LogP contribution is 2.59. The van der Waals surface area contributed by atoms with Gasteiger partial charge in [0, 0.05) is 40.3 Å². The van der Waals surface area contributed by atoms with Gasteiger partial charge in [-0.1, -0.05) is 177 Å². The van der Waals surface area contributed by atoms with E-state index in [1.807, 2.05) is 6.08 Å². The molecule has 4 aliphatic rings. The number of hydrogen-bond donors (Lipinski definition) is 0. The van der Waals surface area contributed by atoms with Crippen LogP contribution in [0.1, 0.15) is 90.3 Å². The molecule has 1 saturated carbocycles. The van der Waals surface area contributed by atoms with Crippen LogP contribution in [0.5, 0.6) is 0 Å². The monoisotopic (exact) mass is 850 g/mol. The van der Waals surface area contributed by atoms with Crippen LogP contribution in [-0.4, -0.2) is 6.04 Å². The molecule has 2 atom stereocenters. The summed E-state index contributed by atoms with van der Waals surface area (Å²) in [6.07, 6.45) is 16.0. The van der Waals surface area contributed by atoms with Crippen molar-refractivity contribution in [3.8, 4) is 11.1 Å². The standard InChI is InChI=1S/C64H54N2/c1-3-19-54-44(4-2)20-18-31-61(54)65(51-25-12-7-13-26-51)52-36-34-46-40-45(32-33-47(46)41-52)48-35-39-63-58(42-48)57-28-15-17-30-62(57)66(63)53-37-38-56-55-27-14-16-29-59(55)64(60(56)43-53,49-21-8-5-9-22-49)50-23-10-6-11-24-50/h3-14,16,18-27,29,31-36,39-43,57,62H,2,15,17,28,30,37-38H2,1H3/b19-3-. The lowest BCUT2D eigenvalue weighted by Gasteiger charge is -2.39. The molecule has 2 nitrogen and oxygen atoms in total. The summed E-state index contributed by atoms with van der Waals surface area (Å²) < 4.78 is 0. The van der Waals surface area contributed by atoms with Gasteiger partial charge in [-0.15, -0.1) is 0 Å². The number of fused-ring (bicyclic) bond motifs is 6. The Bertz CT molecular complexity index is 3210. The van der Waals surface area contributed by atoms with E-state index in [1.54, 1.807) is 0 Å². The molecule has 320 valence electrons. The molecule has 0 bridgehead atoms. The molecule has 66 heavy (non-hydrogen) atoms. The van der Waals surface area contributed by atoms with Gasteiger partial charge in [0.05, 0.1) is 11.1 Å². The second-order valence-electron chi connectivity index (χ2n) is 18.6. The van der Waals surface area contributed by atoms with Gasteiger partial charge < -0.3 is 9.80 Å². The van der Waals surface area contributed by atoms with Crippen molar-refractivity contribution in [3.05, 3.63) is 257 Å². The van der Waals surface area contributed by atoms with Gasteiger partial charge >= 0.3 is 0 Å². The zero-order chi connectivity index (χ0) is 44.2. The summed E-state index contributed by atoms with van der Waals surface area (Å²) in [7, 11) is 0. The van der Waals surface area contributed by atoms with E-state index in [4.69, 9.17) is 0 Å². The van der Waals surface area contributed by atoms with Gasteiger partial charge in [0.2, 0.25) is 0 Å². The van der Waals surface area contributed by atoms with Gasteiger partial charge in [0.15, 0.2) is 0 Å². The molecule has 2 heteroatoms. The molecule has 8 aromatic carbocycles. The Labute approximate surface area is 390 Å². The van der Waals surface area contributed by atoms with Crippen LogP contribution in [-0.2, 0) is 5.41 Å².